The highest BCUT2D eigenvalue weighted by Gasteiger charge is 2.36. The minimum absolute atomic E-state index is 0.00168. The number of likely N-dealkylation sites (N-methyl/N-ethyl adjacent to an activating group) is 1. The molecule has 2 heterocycles. The zero-order chi connectivity index (χ0) is 18.7. The van der Waals surface area contributed by atoms with Crippen molar-refractivity contribution >= 4 is 11.6 Å². The molecular weight excluding hydrogens is 336 g/mol. The van der Waals surface area contributed by atoms with Gasteiger partial charge in [-0.3, -0.25) is 4.79 Å². The molecule has 2 atom stereocenters. The highest BCUT2D eigenvalue weighted by molar-refractivity contribution is 5.97. The molecule has 2 aromatic rings. The Morgan fingerprint density at radius 1 is 1.38 bits per heavy atom. The van der Waals surface area contributed by atoms with Crippen LogP contribution in [0.15, 0.2) is 22.7 Å². The highest BCUT2D eigenvalue weighted by Crippen LogP contribution is 2.37. The van der Waals surface area contributed by atoms with Gasteiger partial charge >= 0.3 is 0 Å². The molecule has 0 radical (unpaired) electrons. The number of nitrogens with zero attached hydrogens (tertiary/aromatic N) is 3. The summed E-state index contributed by atoms with van der Waals surface area (Å²) in [6, 6.07) is 5.65. The Kier molecular flexibility index (Phi) is 5.41. The lowest BCUT2D eigenvalue weighted by Gasteiger charge is -2.19. The van der Waals surface area contributed by atoms with E-state index in [-0.39, 0.29) is 17.9 Å². The third-order valence-corrected chi connectivity index (χ3v) is 4.62. The van der Waals surface area contributed by atoms with Gasteiger partial charge in [-0.05, 0) is 26.1 Å². The fourth-order valence-electron chi connectivity index (χ4n) is 3.01. The Balaban J connectivity index is 1.77. The van der Waals surface area contributed by atoms with E-state index in [2.05, 4.69) is 15.5 Å². The first-order valence-corrected chi connectivity index (χ1v) is 8.57. The van der Waals surface area contributed by atoms with E-state index in [1.165, 1.54) is 0 Å². The van der Waals surface area contributed by atoms with Gasteiger partial charge in [0.15, 0.2) is 5.82 Å². The zero-order valence-corrected chi connectivity index (χ0v) is 15.5. The lowest BCUT2D eigenvalue weighted by Crippen LogP contribution is -2.25. The molecule has 26 heavy (non-hydrogen) atoms. The van der Waals surface area contributed by atoms with Crippen molar-refractivity contribution in [3.8, 4) is 11.5 Å². The second-order valence-electron chi connectivity index (χ2n) is 6.39. The molecule has 1 aromatic heterocycles. The fraction of sp³-hybridized carbons (Fsp3) is 0.500. The number of hydrogen-bond acceptors (Lipinski definition) is 7. The van der Waals surface area contributed by atoms with Crippen molar-refractivity contribution in [2.45, 2.75) is 31.7 Å². The Morgan fingerprint density at radius 2 is 2.19 bits per heavy atom. The maximum absolute atomic E-state index is 12.6. The van der Waals surface area contributed by atoms with Crippen LogP contribution < -0.4 is 19.7 Å². The molecule has 1 amide bonds. The summed E-state index contributed by atoms with van der Waals surface area (Å²) in [5, 5.41) is 7.17. The number of anilines is 1. The van der Waals surface area contributed by atoms with Crippen molar-refractivity contribution in [1.29, 1.82) is 0 Å². The Bertz CT molecular complexity index is 776. The summed E-state index contributed by atoms with van der Waals surface area (Å²) in [5.41, 5.74) is 0.712. The van der Waals surface area contributed by atoms with Crippen molar-refractivity contribution in [3.63, 3.8) is 0 Å². The number of ether oxygens (including phenoxy) is 2. The fourth-order valence-corrected chi connectivity index (χ4v) is 3.01. The van der Waals surface area contributed by atoms with E-state index in [9.17, 15) is 4.79 Å². The van der Waals surface area contributed by atoms with Gasteiger partial charge in [0.1, 0.15) is 11.5 Å². The molecule has 1 fully saturated rings. The Morgan fingerprint density at radius 3 is 2.88 bits per heavy atom. The van der Waals surface area contributed by atoms with Crippen LogP contribution in [0.1, 0.15) is 31.0 Å². The monoisotopic (exact) mass is 360 g/mol. The SMILES string of the molecule is CNC(C)Cc1noc(C2CC(=O)N(c3ccc(OC)cc3OC)C2)n1. The van der Waals surface area contributed by atoms with Crippen LogP contribution in [0.2, 0.25) is 0 Å². The van der Waals surface area contributed by atoms with E-state index in [0.717, 1.165) is 0 Å². The van der Waals surface area contributed by atoms with E-state index >= 15 is 0 Å². The molecule has 3 rings (SSSR count). The van der Waals surface area contributed by atoms with Gasteiger partial charge in [-0.1, -0.05) is 5.16 Å². The number of carbonyl (C=O) groups is 1. The maximum Gasteiger partial charge on any atom is 0.232 e. The minimum atomic E-state index is -0.125. The Labute approximate surface area is 152 Å². The van der Waals surface area contributed by atoms with Crippen LogP contribution in [-0.4, -0.2) is 49.9 Å². The molecule has 0 bridgehead atoms. The highest BCUT2D eigenvalue weighted by atomic mass is 16.5. The quantitative estimate of drug-likeness (QED) is 0.804. The normalized spacial score (nSPS) is 18.2. The largest absolute Gasteiger partial charge is 0.497 e. The molecule has 140 valence electrons. The van der Waals surface area contributed by atoms with E-state index < -0.39 is 0 Å². The van der Waals surface area contributed by atoms with Gasteiger partial charge in [0.2, 0.25) is 11.8 Å². The van der Waals surface area contributed by atoms with Crippen LogP contribution in [0.4, 0.5) is 5.69 Å². The van der Waals surface area contributed by atoms with Gasteiger partial charge in [0.05, 0.1) is 25.8 Å². The molecule has 1 aromatic carbocycles. The second-order valence-corrected chi connectivity index (χ2v) is 6.39. The molecular formula is C18H24N4O4. The standard InChI is InChI=1S/C18H24N4O4/c1-11(19-2)7-16-20-18(26-21-16)12-8-17(23)22(10-12)14-6-5-13(24-3)9-15(14)25-4/h5-6,9,11-12,19H,7-8,10H2,1-4H3. The van der Waals surface area contributed by atoms with E-state index in [1.807, 2.05) is 26.1 Å². The summed E-state index contributed by atoms with van der Waals surface area (Å²) in [6.45, 7) is 2.53. The van der Waals surface area contributed by atoms with Crippen molar-refractivity contribution in [1.82, 2.24) is 15.5 Å². The molecule has 1 N–H and O–H groups in total. The summed E-state index contributed by atoms with van der Waals surface area (Å²) >= 11 is 0. The number of carbonyl (C=O) groups excluding carboxylic acids is 1. The number of methoxy groups -OCH3 is 2. The lowest BCUT2D eigenvalue weighted by atomic mass is 10.1. The van der Waals surface area contributed by atoms with Crippen molar-refractivity contribution in [2.75, 3.05) is 32.7 Å². The van der Waals surface area contributed by atoms with Crippen molar-refractivity contribution in [3.05, 3.63) is 29.9 Å². The third-order valence-electron chi connectivity index (χ3n) is 4.62. The molecule has 2 unspecified atom stereocenters. The number of hydrogen-bond donors (Lipinski definition) is 1. The number of benzene rings is 1. The second kappa shape index (κ2) is 7.74. The molecule has 8 heteroatoms. The van der Waals surface area contributed by atoms with Crippen LogP contribution in [0, 0.1) is 0 Å². The number of amides is 1. The van der Waals surface area contributed by atoms with E-state index in [4.69, 9.17) is 14.0 Å². The van der Waals surface area contributed by atoms with Gasteiger partial charge in [-0.2, -0.15) is 4.98 Å². The smallest absolute Gasteiger partial charge is 0.232 e. The van der Waals surface area contributed by atoms with Crippen LogP contribution in [0.25, 0.3) is 0 Å². The number of aromatic nitrogens is 2. The van der Waals surface area contributed by atoms with Gasteiger partial charge in [0, 0.05) is 31.5 Å². The molecule has 1 aliphatic rings. The molecule has 1 saturated heterocycles. The summed E-state index contributed by atoms with van der Waals surface area (Å²) in [5.74, 6) is 2.30. The van der Waals surface area contributed by atoms with Gasteiger partial charge < -0.3 is 24.2 Å². The summed E-state index contributed by atoms with van der Waals surface area (Å²) in [7, 11) is 5.05. The van der Waals surface area contributed by atoms with Gasteiger partial charge in [-0.15, -0.1) is 0 Å². The first-order valence-electron chi connectivity index (χ1n) is 8.57. The van der Waals surface area contributed by atoms with Crippen LogP contribution in [0.5, 0.6) is 11.5 Å². The minimum Gasteiger partial charge on any atom is -0.497 e. The first kappa shape index (κ1) is 18.2. The molecule has 8 nitrogen and oxygen atoms in total. The molecule has 1 aliphatic heterocycles. The molecule has 0 aliphatic carbocycles. The summed E-state index contributed by atoms with van der Waals surface area (Å²) in [4.78, 5) is 18.7. The van der Waals surface area contributed by atoms with Crippen molar-refractivity contribution in [2.24, 2.45) is 0 Å². The van der Waals surface area contributed by atoms with E-state index in [1.54, 1.807) is 25.2 Å². The average Bonchev–Trinajstić information content (AvgIpc) is 3.27. The predicted octanol–water partition coefficient (Wildman–Crippen LogP) is 1.76. The zero-order valence-electron chi connectivity index (χ0n) is 15.5. The van der Waals surface area contributed by atoms with Crippen LogP contribution in [-0.2, 0) is 11.2 Å². The number of rotatable bonds is 7. The third kappa shape index (κ3) is 3.65. The predicted molar refractivity (Wildman–Crippen MR) is 95.8 cm³/mol. The molecule has 0 spiro atoms. The number of nitrogens with one attached hydrogen (secondary N) is 1. The van der Waals surface area contributed by atoms with Gasteiger partial charge in [-0.25, -0.2) is 0 Å². The lowest BCUT2D eigenvalue weighted by molar-refractivity contribution is -0.117. The van der Waals surface area contributed by atoms with Crippen LogP contribution in [0.3, 0.4) is 0 Å². The van der Waals surface area contributed by atoms with Crippen molar-refractivity contribution < 1.29 is 18.8 Å². The Hall–Kier alpha value is -2.61. The summed E-state index contributed by atoms with van der Waals surface area (Å²) < 4.78 is 16.0. The topological polar surface area (TPSA) is 89.7 Å². The van der Waals surface area contributed by atoms with Gasteiger partial charge in [0.25, 0.3) is 0 Å². The van der Waals surface area contributed by atoms with Crippen LogP contribution >= 0.6 is 0 Å². The van der Waals surface area contributed by atoms with E-state index in [0.29, 0.717) is 48.3 Å². The first-order chi connectivity index (χ1) is 12.5. The average molecular weight is 360 g/mol. The molecule has 0 saturated carbocycles. The maximum atomic E-state index is 12.6. The summed E-state index contributed by atoms with van der Waals surface area (Å²) in [6.07, 6.45) is 1.01.